The van der Waals surface area contributed by atoms with Gasteiger partial charge < -0.3 is 4.74 Å². The summed E-state index contributed by atoms with van der Waals surface area (Å²) in [6.07, 6.45) is 5.59. The summed E-state index contributed by atoms with van der Waals surface area (Å²) >= 11 is 0. The van der Waals surface area contributed by atoms with Crippen LogP contribution in [0.2, 0.25) is 0 Å². The zero-order valence-corrected chi connectivity index (χ0v) is 16.0. The van der Waals surface area contributed by atoms with E-state index in [2.05, 4.69) is 12.4 Å². The van der Waals surface area contributed by atoms with Gasteiger partial charge in [-0.25, -0.2) is 0 Å². The fraction of sp³-hybridized carbons (Fsp3) is 0.556. The van der Waals surface area contributed by atoms with Crippen molar-refractivity contribution in [2.24, 2.45) is 0 Å². The van der Waals surface area contributed by atoms with Crippen LogP contribution in [0.3, 0.4) is 0 Å². The summed E-state index contributed by atoms with van der Waals surface area (Å²) < 4.78 is 33.8. The van der Waals surface area contributed by atoms with Gasteiger partial charge in [-0.2, -0.15) is 23.2 Å². The molecule has 142 valence electrons. The van der Waals surface area contributed by atoms with Gasteiger partial charge in [0, 0.05) is 5.56 Å². The number of rotatable bonds is 12. The maximum atomic E-state index is 12.0. The molecule has 26 heavy (non-hydrogen) atoms. The number of hydrogen-bond acceptors (Lipinski definition) is 7. The molecule has 0 bridgehead atoms. The lowest BCUT2D eigenvalue weighted by Gasteiger charge is -2.20. The molecule has 0 spiro atoms. The molecule has 0 fully saturated rings. The lowest BCUT2D eigenvalue weighted by molar-refractivity contribution is 0.154. The average molecular weight is 379 g/mol. The molecule has 7 nitrogen and oxygen atoms in total. The minimum absolute atomic E-state index is 0.165. The molecule has 8 heteroatoms. The van der Waals surface area contributed by atoms with Crippen LogP contribution in [0.4, 0.5) is 0 Å². The number of unbranched alkanes of at least 4 members (excludes halogenated alkanes) is 5. The Morgan fingerprint density at radius 3 is 2.15 bits per heavy atom. The zero-order valence-electron chi connectivity index (χ0n) is 15.2. The first kappa shape index (κ1) is 21.9. The van der Waals surface area contributed by atoms with E-state index in [1.807, 2.05) is 0 Å². The van der Waals surface area contributed by atoms with Crippen LogP contribution < -0.4 is 10.2 Å². The number of benzene rings is 1. The third-order valence-electron chi connectivity index (χ3n) is 3.93. The molecule has 1 N–H and O–H groups in total. The Labute approximate surface area is 155 Å². The Hall–Kier alpha value is -2.13. The number of nitriles is 2. The maximum absolute atomic E-state index is 12.0. The second-order valence-corrected chi connectivity index (χ2v) is 7.61. The molecule has 1 aromatic rings. The largest absolute Gasteiger partial charge is 0.497 e. The quantitative estimate of drug-likeness (QED) is 0.438. The molecule has 0 heterocycles. The third kappa shape index (κ3) is 6.64. The Morgan fingerprint density at radius 1 is 1.04 bits per heavy atom. The van der Waals surface area contributed by atoms with Gasteiger partial charge in [-0.05, 0) is 18.6 Å². The van der Waals surface area contributed by atoms with E-state index in [1.165, 1.54) is 19.2 Å². The Bertz CT molecular complexity index is 719. The van der Waals surface area contributed by atoms with Crippen LogP contribution in [-0.4, -0.2) is 21.3 Å². The Balaban J connectivity index is 2.67. The molecular formula is C18H25N3O4S. The van der Waals surface area contributed by atoms with Crippen molar-refractivity contribution in [1.82, 2.24) is 5.48 Å². The smallest absolute Gasteiger partial charge is 0.283 e. The predicted octanol–water partition coefficient (Wildman–Crippen LogP) is 3.15. The van der Waals surface area contributed by atoms with Crippen molar-refractivity contribution >= 4 is 10.1 Å². The van der Waals surface area contributed by atoms with Gasteiger partial charge in [0.2, 0.25) is 5.54 Å². The Kier molecular flexibility index (Phi) is 9.08. The molecule has 0 unspecified atom stereocenters. The highest BCUT2D eigenvalue weighted by atomic mass is 32.2. The van der Waals surface area contributed by atoms with Crippen LogP contribution in [0.5, 0.6) is 5.75 Å². The SMILES string of the molecule is CCCCCCCCS(=O)(=O)ONC(C#N)(C#N)c1ccc(OC)cc1. The molecule has 0 radical (unpaired) electrons. The number of hydroxylamine groups is 1. The molecule has 0 atom stereocenters. The molecule has 0 aromatic heterocycles. The molecule has 0 saturated heterocycles. The van der Waals surface area contributed by atoms with Crippen molar-refractivity contribution in [1.29, 1.82) is 10.5 Å². The zero-order chi connectivity index (χ0) is 19.5. The molecule has 0 amide bonds. The van der Waals surface area contributed by atoms with Crippen molar-refractivity contribution in [2.75, 3.05) is 12.9 Å². The van der Waals surface area contributed by atoms with Crippen LogP contribution >= 0.6 is 0 Å². The van der Waals surface area contributed by atoms with Gasteiger partial charge in [-0.1, -0.05) is 51.2 Å². The average Bonchev–Trinajstić information content (AvgIpc) is 2.66. The van der Waals surface area contributed by atoms with E-state index in [0.29, 0.717) is 12.2 Å². The highest BCUT2D eigenvalue weighted by Gasteiger charge is 2.35. The van der Waals surface area contributed by atoms with Crippen molar-refractivity contribution in [3.63, 3.8) is 0 Å². The molecule has 0 aliphatic rings. The first-order valence-electron chi connectivity index (χ1n) is 8.58. The molecule has 1 aromatic carbocycles. The summed E-state index contributed by atoms with van der Waals surface area (Å²) in [4.78, 5) is 0. The Morgan fingerprint density at radius 2 is 1.62 bits per heavy atom. The van der Waals surface area contributed by atoms with E-state index >= 15 is 0 Å². The molecule has 1 rings (SSSR count). The van der Waals surface area contributed by atoms with Crippen LogP contribution in [-0.2, 0) is 19.9 Å². The summed E-state index contributed by atoms with van der Waals surface area (Å²) in [5.41, 5.74) is 0.469. The van der Waals surface area contributed by atoms with Gasteiger partial charge >= 0.3 is 0 Å². The van der Waals surface area contributed by atoms with E-state index in [0.717, 1.165) is 32.1 Å². The van der Waals surface area contributed by atoms with E-state index in [9.17, 15) is 18.9 Å². The fourth-order valence-electron chi connectivity index (χ4n) is 2.33. The van der Waals surface area contributed by atoms with E-state index in [1.54, 1.807) is 24.3 Å². The topological polar surface area (TPSA) is 112 Å². The van der Waals surface area contributed by atoms with Gasteiger partial charge in [0.05, 0.1) is 12.9 Å². The van der Waals surface area contributed by atoms with Crippen molar-refractivity contribution in [3.8, 4) is 17.9 Å². The predicted molar refractivity (Wildman–Crippen MR) is 97.3 cm³/mol. The van der Waals surface area contributed by atoms with E-state index in [4.69, 9.17) is 9.02 Å². The van der Waals surface area contributed by atoms with E-state index in [-0.39, 0.29) is 11.3 Å². The monoisotopic (exact) mass is 379 g/mol. The number of ether oxygens (including phenoxy) is 1. The highest BCUT2D eigenvalue weighted by molar-refractivity contribution is 7.86. The summed E-state index contributed by atoms with van der Waals surface area (Å²) in [6.45, 7) is 2.11. The lowest BCUT2D eigenvalue weighted by Crippen LogP contribution is -2.41. The first-order chi connectivity index (χ1) is 12.4. The number of nitrogens with one attached hydrogen (secondary N) is 1. The molecule has 0 aliphatic carbocycles. The number of nitrogens with zero attached hydrogens (tertiary/aromatic N) is 2. The van der Waals surface area contributed by atoms with Crippen molar-refractivity contribution in [2.45, 2.75) is 51.0 Å². The first-order valence-corrected chi connectivity index (χ1v) is 10.2. The minimum atomic E-state index is -3.89. The van der Waals surface area contributed by atoms with Crippen LogP contribution in [0.15, 0.2) is 24.3 Å². The standard InChI is InChI=1S/C18H25N3O4S/c1-3-4-5-6-7-8-13-26(22,23)25-21-18(14-19,15-20)16-9-11-17(24-2)12-10-16/h9-12,21H,3-8,13H2,1-2H3. The van der Waals surface area contributed by atoms with Crippen molar-refractivity contribution in [3.05, 3.63) is 29.8 Å². The van der Waals surface area contributed by atoms with Gasteiger partial charge in [0.1, 0.15) is 17.9 Å². The van der Waals surface area contributed by atoms with Gasteiger partial charge in [0.25, 0.3) is 10.1 Å². The van der Waals surface area contributed by atoms with Gasteiger partial charge in [-0.15, -0.1) is 5.48 Å². The fourth-order valence-corrected chi connectivity index (χ4v) is 3.22. The summed E-state index contributed by atoms with van der Waals surface area (Å²) in [6, 6.07) is 9.71. The van der Waals surface area contributed by atoms with Gasteiger partial charge in [0.15, 0.2) is 0 Å². The van der Waals surface area contributed by atoms with Crippen LogP contribution in [0.25, 0.3) is 0 Å². The van der Waals surface area contributed by atoms with E-state index < -0.39 is 15.7 Å². The summed E-state index contributed by atoms with van der Waals surface area (Å²) in [5.74, 6) is 0.386. The second-order valence-electron chi connectivity index (χ2n) is 5.92. The molecular weight excluding hydrogens is 354 g/mol. The van der Waals surface area contributed by atoms with Crippen molar-refractivity contribution < 1.29 is 17.4 Å². The lowest BCUT2D eigenvalue weighted by atomic mass is 9.94. The highest BCUT2D eigenvalue weighted by Crippen LogP contribution is 2.23. The normalized spacial score (nSPS) is 11.5. The third-order valence-corrected chi connectivity index (χ3v) is 5.05. The summed E-state index contributed by atoms with van der Waals surface area (Å²) in [5, 5.41) is 18.8. The minimum Gasteiger partial charge on any atom is -0.497 e. The molecule has 0 saturated carbocycles. The number of hydrogen-bond donors (Lipinski definition) is 1. The number of methoxy groups -OCH3 is 1. The molecule has 0 aliphatic heterocycles. The van der Waals surface area contributed by atoms with Gasteiger partial charge in [-0.3, -0.25) is 0 Å². The van der Waals surface area contributed by atoms with Crippen LogP contribution in [0, 0.1) is 22.7 Å². The van der Waals surface area contributed by atoms with Crippen LogP contribution in [0.1, 0.15) is 51.0 Å². The summed E-state index contributed by atoms with van der Waals surface area (Å²) in [7, 11) is -2.39. The maximum Gasteiger partial charge on any atom is 0.283 e. The second kappa shape index (κ2) is 10.8.